The van der Waals surface area contributed by atoms with Gasteiger partial charge in [0.15, 0.2) is 0 Å². The van der Waals surface area contributed by atoms with E-state index in [1.807, 2.05) is 23.9 Å². The monoisotopic (exact) mass is 377 g/mol. The average molecular weight is 378 g/mol. The lowest BCUT2D eigenvalue weighted by Crippen LogP contribution is -2.38. The third kappa shape index (κ3) is 3.44. The van der Waals surface area contributed by atoms with E-state index in [-0.39, 0.29) is 12.1 Å². The largest absolute Gasteiger partial charge is 0.331 e. The Morgan fingerprint density at radius 1 is 1.41 bits per heavy atom. The van der Waals surface area contributed by atoms with Crippen molar-refractivity contribution < 1.29 is 4.79 Å². The Balaban J connectivity index is 1.77. The molecule has 2 amide bonds. The van der Waals surface area contributed by atoms with E-state index in [9.17, 15) is 4.79 Å². The van der Waals surface area contributed by atoms with E-state index < -0.39 is 0 Å². The highest BCUT2D eigenvalue weighted by Gasteiger charge is 2.28. The molecule has 1 aliphatic rings. The van der Waals surface area contributed by atoms with E-state index in [0.29, 0.717) is 11.6 Å². The van der Waals surface area contributed by atoms with Gasteiger partial charge in [-0.3, -0.25) is 4.98 Å². The van der Waals surface area contributed by atoms with Gasteiger partial charge in [-0.2, -0.15) is 0 Å². The molecule has 0 bridgehead atoms. The topological polar surface area (TPSA) is 54.0 Å². The van der Waals surface area contributed by atoms with Crippen molar-refractivity contribution in [3.05, 3.63) is 52.8 Å². The molecule has 2 unspecified atom stereocenters. The summed E-state index contributed by atoms with van der Waals surface area (Å²) in [6, 6.07) is 9.64. The summed E-state index contributed by atoms with van der Waals surface area (Å²) >= 11 is 5.35. The van der Waals surface area contributed by atoms with Crippen LogP contribution >= 0.6 is 27.7 Å². The molecule has 1 aliphatic heterocycles. The number of halogens is 1. The smallest absolute Gasteiger partial charge is 0.319 e. The van der Waals surface area contributed by atoms with Crippen LogP contribution in [0, 0.1) is 5.92 Å². The van der Waals surface area contributed by atoms with Gasteiger partial charge in [0, 0.05) is 21.3 Å². The lowest BCUT2D eigenvalue weighted by molar-refractivity contribution is 0.244. The number of hydrogen-bond donors (Lipinski definition) is 2. The normalized spacial score (nSPS) is 20.1. The SMILES string of the molecule is CC1CSc2ccc(Br)cc2C1NC(=O)Nc1cccnc1. The first-order valence-electron chi connectivity index (χ1n) is 7.03. The van der Waals surface area contributed by atoms with Crippen LogP contribution < -0.4 is 10.6 Å². The summed E-state index contributed by atoms with van der Waals surface area (Å²) in [5, 5.41) is 5.91. The van der Waals surface area contributed by atoms with Crippen molar-refractivity contribution in [2.24, 2.45) is 5.92 Å². The van der Waals surface area contributed by atoms with Crippen molar-refractivity contribution >= 4 is 39.4 Å². The third-order valence-electron chi connectivity index (χ3n) is 3.58. The predicted octanol–water partition coefficient (Wildman–Crippen LogP) is 4.45. The second-order valence-corrected chi connectivity index (χ2v) is 7.27. The fourth-order valence-corrected chi connectivity index (χ4v) is 4.01. The van der Waals surface area contributed by atoms with E-state index in [1.165, 1.54) is 10.5 Å². The number of nitrogens with one attached hydrogen (secondary N) is 2. The molecule has 0 aliphatic carbocycles. The Hall–Kier alpha value is -1.53. The molecule has 3 rings (SSSR count). The highest BCUT2D eigenvalue weighted by atomic mass is 79.9. The number of hydrogen-bond acceptors (Lipinski definition) is 3. The van der Waals surface area contributed by atoms with E-state index >= 15 is 0 Å². The number of carbonyl (C=O) groups excluding carboxylic acids is 1. The number of aromatic nitrogens is 1. The molecule has 0 saturated carbocycles. The molecule has 6 heteroatoms. The number of pyridine rings is 1. The molecule has 1 aromatic heterocycles. The standard InChI is InChI=1S/C16H16BrN3OS/c1-10-9-22-14-5-4-11(17)7-13(14)15(10)20-16(21)19-12-3-2-6-18-8-12/h2-8,10,15H,9H2,1H3,(H2,19,20,21). The van der Waals surface area contributed by atoms with E-state index in [4.69, 9.17) is 0 Å². The van der Waals surface area contributed by atoms with E-state index in [2.05, 4.69) is 50.6 Å². The first kappa shape index (κ1) is 15.4. The fourth-order valence-electron chi connectivity index (χ4n) is 2.48. The number of urea groups is 1. The van der Waals surface area contributed by atoms with E-state index in [1.54, 1.807) is 18.5 Å². The Kier molecular flexibility index (Phi) is 4.69. The molecule has 0 fully saturated rings. The first-order chi connectivity index (χ1) is 10.6. The van der Waals surface area contributed by atoms with Crippen LogP contribution in [0.3, 0.4) is 0 Å². The summed E-state index contributed by atoms with van der Waals surface area (Å²) in [7, 11) is 0. The fraction of sp³-hybridized carbons (Fsp3) is 0.250. The molecule has 0 saturated heterocycles. The van der Waals surface area contributed by atoms with Crippen LogP contribution in [0.2, 0.25) is 0 Å². The van der Waals surface area contributed by atoms with Crippen LogP contribution in [-0.2, 0) is 0 Å². The lowest BCUT2D eigenvalue weighted by atomic mass is 9.95. The van der Waals surface area contributed by atoms with Gasteiger partial charge in [-0.15, -0.1) is 11.8 Å². The predicted molar refractivity (Wildman–Crippen MR) is 93.2 cm³/mol. The van der Waals surface area contributed by atoms with Gasteiger partial charge in [-0.05, 0) is 41.8 Å². The number of carbonyl (C=O) groups is 1. The highest BCUT2D eigenvalue weighted by molar-refractivity contribution is 9.10. The Morgan fingerprint density at radius 2 is 2.27 bits per heavy atom. The first-order valence-corrected chi connectivity index (χ1v) is 8.81. The lowest BCUT2D eigenvalue weighted by Gasteiger charge is -2.31. The Morgan fingerprint density at radius 3 is 3.05 bits per heavy atom. The second kappa shape index (κ2) is 6.71. The molecule has 22 heavy (non-hydrogen) atoms. The summed E-state index contributed by atoms with van der Waals surface area (Å²) in [5.41, 5.74) is 1.85. The van der Waals surface area contributed by atoms with Gasteiger partial charge < -0.3 is 10.6 Å². The van der Waals surface area contributed by atoms with Crippen molar-refractivity contribution in [2.45, 2.75) is 17.9 Å². The van der Waals surface area contributed by atoms with Crippen LogP contribution in [0.1, 0.15) is 18.5 Å². The van der Waals surface area contributed by atoms with Gasteiger partial charge in [0.1, 0.15) is 0 Å². The summed E-state index contributed by atoms with van der Waals surface area (Å²) in [6.45, 7) is 2.16. The summed E-state index contributed by atoms with van der Waals surface area (Å²) < 4.78 is 1.03. The van der Waals surface area contributed by atoms with Gasteiger partial charge in [0.25, 0.3) is 0 Å². The number of anilines is 1. The minimum Gasteiger partial charge on any atom is -0.331 e. The number of thioether (sulfide) groups is 1. The zero-order valence-corrected chi connectivity index (χ0v) is 14.4. The molecular weight excluding hydrogens is 362 g/mol. The van der Waals surface area contributed by atoms with E-state index in [0.717, 1.165) is 10.2 Å². The minimum absolute atomic E-state index is 0.00502. The highest BCUT2D eigenvalue weighted by Crippen LogP contribution is 2.40. The van der Waals surface area contributed by atoms with Crippen molar-refractivity contribution in [1.29, 1.82) is 0 Å². The number of benzene rings is 1. The second-order valence-electron chi connectivity index (χ2n) is 5.29. The van der Waals surface area contributed by atoms with Crippen LogP contribution in [0.4, 0.5) is 10.5 Å². The summed E-state index contributed by atoms with van der Waals surface area (Å²) in [5.74, 6) is 1.36. The van der Waals surface area contributed by atoms with Gasteiger partial charge in [0.05, 0.1) is 17.9 Å². The van der Waals surface area contributed by atoms with Crippen LogP contribution in [0.5, 0.6) is 0 Å². The van der Waals surface area contributed by atoms with Gasteiger partial charge in [-0.25, -0.2) is 4.79 Å². The molecule has 0 radical (unpaired) electrons. The summed E-state index contributed by atoms with van der Waals surface area (Å²) in [4.78, 5) is 17.5. The molecule has 4 nitrogen and oxygen atoms in total. The maximum absolute atomic E-state index is 12.3. The number of nitrogens with zero attached hydrogens (tertiary/aromatic N) is 1. The van der Waals surface area contributed by atoms with Gasteiger partial charge >= 0.3 is 6.03 Å². The van der Waals surface area contributed by atoms with Crippen molar-refractivity contribution in [2.75, 3.05) is 11.1 Å². The number of amides is 2. The molecule has 0 spiro atoms. The maximum atomic E-state index is 12.3. The zero-order chi connectivity index (χ0) is 15.5. The average Bonchev–Trinajstić information content (AvgIpc) is 2.51. The molecule has 2 heterocycles. The minimum atomic E-state index is -0.206. The molecule has 2 aromatic rings. The van der Waals surface area contributed by atoms with Gasteiger partial charge in [0.2, 0.25) is 0 Å². The molecule has 114 valence electrons. The number of fused-ring (bicyclic) bond motifs is 1. The molecular formula is C16H16BrN3OS. The quantitative estimate of drug-likeness (QED) is 0.812. The zero-order valence-electron chi connectivity index (χ0n) is 12.0. The number of rotatable bonds is 2. The van der Waals surface area contributed by atoms with Gasteiger partial charge in [-0.1, -0.05) is 22.9 Å². The van der Waals surface area contributed by atoms with Crippen LogP contribution in [0.15, 0.2) is 52.1 Å². The third-order valence-corrected chi connectivity index (χ3v) is 5.45. The van der Waals surface area contributed by atoms with Crippen LogP contribution in [0.25, 0.3) is 0 Å². The molecule has 1 aromatic carbocycles. The molecule has 2 N–H and O–H groups in total. The summed E-state index contributed by atoms with van der Waals surface area (Å²) in [6.07, 6.45) is 3.31. The molecule has 2 atom stereocenters. The van der Waals surface area contributed by atoms with Crippen molar-refractivity contribution in [3.8, 4) is 0 Å². The Bertz CT molecular complexity index is 680. The van der Waals surface area contributed by atoms with Crippen molar-refractivity contribution in [3.63, 3.8) is 0 Å². The Labute approximate surface area is 142 Å². The van der Waals surface area contributed by atoms with Crippen molar-refractivity contribution in [1.82, 2.24) is 10.3 Å². The maximum Gasteiger partial charge on any atom is 0.319 e. The van der Waals surface area contributed by atoms with Crippen LogP contribution in [-0.4, -0.2) is 16.8 Å².